The number of rotatable bonds is 4. The number of amides is 3. The molecule has 0 aromatic heterocycles. The summed E-state index contributed by atoms with van der Waals surface area (Å²) in [5.41, 5.74) is 1.31. The third-order valence-electron chi connectivity index (χ3n) is 2.25. The van der Waals surface area contributed by atoms with E-state index < -0.39 is 17.9 Å². The number of benzene rings is 1. The van der Waals surface area contributed by atoms with Crippen LogP contribution in [-0.2, 0) is 9.59 Å². The lowest BCUT2D eigenvalue weighted by Crippen LogP contribution is -2.34. The number of anilines is 1. The van der Waals surface area contributed by atoms with Crippen LogP contribution >= 0.6 is 11.6 Å². The van der Waals surface area contributed by atoms with Crippen molar-refractivity contribution in [3.63, 3.8) is 0 Å². The Kier molecular flexibility index (Phi) is 5.32. The third-order valence-corrected chi connectivity index (χ3v) is 2.66. The van der Waals surface area contributed by atoms with E-state index in [1.54, 1.807) is 18.2 Å². The smallest absolute Gasteiger partial charge is 0.325 e. The van der Waals surface area contributed by atoms with Gasteiger partial charge in [0.15, 0.2) is 0 Å². The van der Waals surface area contributed by atoms with Crippen LogP contribution in [0.3, 0.4) is 0 Å². The number of nitrogens with one attached hydrogen (secondary N) is 2. The Hall–Kier alpha value is -2.08. The van der Waals surface area contributed by atoms with Crippen molar-refractivity contribution >= 4 is 35.2 Å². The molecule has 0 fully saturated rings. The maximum Gasteiger partial charge on any atom is 0.325 e. The summed E-state index contributed by atoms with van der Waals surface area (Å²) in [6, 6.07) is 4.19. The standard InChI is InChI=1S/C12H13ClN2O4/c1-7-2-3-8(6-9(7)13)14-12(19)15-10(16)4-5-11(17)18/h2-3,6H,4-5H2,1H3,(H,17,18)(H2,14,15,16,19). The molecule has 0 aliphatic carbocycles. The Morgan fingerprint density at radius 2 is 1.95 bits per heavy atom. The number of hydrogen-bond acceptors (Lipinski definition) is 3. The number of carboxylic acids is 1. The van der Waals surface area contributed by atoms with Crippen LogP contribution in [0.15, 0.2) is 18.2 Å². The number of imide groups is 1. The molecule has 0 aliphatic heterocycles. The number of urea groups is 1. The second kappa shape index (κ2) is 6.75. The van der Waals surface area contributed by atoms with Gasteiger partial charge in [0.25, 0.3) is 0 Å². The van der Waals surface area contributed by atoms with Crippen LogP contribution in [0, 0.1) is 6.92 Å². The fraction of sp³-hybridized carbons (Fsp3) is 0.250. The number of aliphatic carboxylic acids is 1. The molecule has 0 saturated heterocycles. The molecule has 0 radical (unpaired) electrons. The molecule has 0 atom stereocenters. The number of carbonyl (C=O) groups excluding carboxylic acids is 2. The monoisotopic (exact) mass is 284 g/mol. The lowest BCUT2D eigenvalue weighted by atomic mass is 10.2. The fourth-order valence-electron chi connectivity index (χ4n) is 1.24. The lowest BCUT2D eigenvalue weighted by Gasteiger charge is -2.07. The molecule has 0 bridgehead atoms. The zero-order valence-corrected chi connectivity index (χ0v) is 11.0. The summed E-state index contributed by atoms with van der Waals surface area (Å²) in [5, 5.41) is 13.3. The van der Waals surface area contributed by atoms with E-state index in [9.17, 15) is 14.4 Å². The van der Waals surface area contributed by atoms with E-state index in [1.165, 1.54) is 0 Å². The van der Waals surface area contributed by atoms with Gasteiger partial charge in [0, 0.05) is 17.1 Å². The van der Waals surface area contributed by atoms with Gasteiger partial charge < -0.3 is 10.4 Å². The largest absolute Gasteiger partial charge is 0.481 e. The van der Waals surface area contributed by atoms with Crippen molar-refractivity contribution in [2.45, 2.75) is 19.8 Å². The Morgan fingerprint density at radius 1 is 1.26 bits per heavy atom. The minimum Gasteiger partial charge on any atom is -0.481 e. The number of hydrogen-bond donors (Lipinski definition) is 3. The molecular formula is C12H13ClN2O4. The zero-order valence-electron chi connectivity index (χ0n) is 10.2. The Morgan fingerprint density at radius 3 is 2.53 bits per heavy atom. The fourth-order valence-corrected chi connectivity index (χ4v) is 1.42. The van der Waals surface area contributed by atoms with Gasteiger partial charge in [-0.1, -0.05) is 17.7 Å². The minimum atomic E-state index is -1.10. The first kappa shape index (κ1) is 15.0. The molecule has 0 aliphatic rings. The summed E-state index contributed by atoms with van der Waals surface area (Å²) in [6.45, 7) is 1.82. The van der Waals surface area contributed by atoms with E-state index >= 15 is 0 Å². The Balaban J connectivity index is 2.48. The van der Waals surface area contributed by atoms with Gasteiger partial charge in [0.1, 0.15) is 0 Å². The molecule has 0 heterocycles. The minimum absolute atomic E-state index is 0.253. The van der Waals surface area contributed by atoms with Crippen molar-refractivity contribution in [3.05, 3.63) is 28.8 Å². The van der Waals surface area contributed by atoms with Crippen molar-refractivity contribution < 1.29 is 19.5 Å². The molecule has 1 aromatic carbocycles. The molecule has 0 unspecified atom stereocenters. The second-order valence-corrected chi connectivity index (χ2v) is 4.27. The summed E-state index contributed by atoms with van der Waals surface area (Å²) >= 11 is 5.88. The molecule has 0 spiro atoms. The Labute approximate surface area is 114 Å². The molecule has 1 rings (SSSR count). The zero-order chi connectivity index (χ0) is 14.4. The topological polar surface area (TPSA) is 95.5 Å². The summed E-state index contributed by atoms with van der Waals surface area (Å²) in [6.07, 6.45) is -0.577. The highest BCUT2D eigenvalue weighted by atomic mass is 35.5. The van der Waals surface area contributed by atoms with Gasteiger partial charge in [-0.2, -0.15) is 0 Å². The van der Waals surface area contributed by atoms with Crippen LogP contribution in [-0.4, -0.2) is 23.0 Å². The van der Waals surface area contributed by atoms with Crippen LogP contribution in [0.4, 0.5) is 10.5 Å². The third kappa shape index (κ3) is 5.39. The normalized spacial score (nSPS) is 9.79. The van der Waals surface area contributed by atoms with Crippen LogP contribution in [0.1, 0.15) is 18.4 Å². The molecule has 1 aromatic rings. The summed E-state index contributed by atoms with van der Waals surface area (Å²) in [7, 11) is 0. The first-order chi connectivity index (χ1) is 8.88. The van der Waals surface area contributed by atoms with Gasteiger partial charge in [-0.15, -0.1) is 0 Å². The average molecular weight is 285 g/mol. The van der Waals surface area contributed by atoms with Gasteiger partial charge >= 0.3 is 12.0 Å². The molecule has 3 amide bonds. The van der Waals surface area contributed by atoms with Gasteiger partial charge in [0.05, 0.1) is 6.42 Å². The predicted octanol–water partition coefficient (Wildman–Crippen LogP) is 2.16. The summed E-state index contributed by atoms with van der Waals surface area (Å²) in [4.78, 5) is 32.9. The van der Waals surface area contributed by atoms with E-state index in [4.69, 9.17) is 16.7 Å². The first-order valence-electron chi connectivity index (χ1n) is 5.47. The summed E-state index contributed by atoms with van der Waals surface area (Å²) in [5.74, 6) is -1.75. The van der Waals surface area contributed by atoms with Crippen molar-refractivity contribution in [2.24, 2.45) is 0 Å². The van der Waals surface area contributed by atoms with Gasteiger partial charge in [-0.05, 0) is 24.6 Å². The molecule has 19 heavy (non-hydrogen) atoms. The number of carboxylic acid groups (broad SMARTS) is 1. The molecule has 102 valence electrons. The second-order valence-electron chi connectivity index (χ2n) is 3.86. The van der Waals surface area contributed by atoms with E-state index in [2.05, 4.69) is 5.32 Å². The highest BCUT2D eigenvalue weighted by Crippen LogP contribution is 2.19. The Bertz CT molecular complexity index is 516. The van der Waals surface area contributed by atoms with E-state index in [1.807, 2.05) is 12.2 Å². The van der Waals surface area contributed by atoms with Gasteiger partial charge in [-0.25, -0.2) is 4.79 Å². The van der Waals surface area contributed by atoms with E-state index in [0.29, 0.717) is 10.7 Å². The molecular weight excluding hydrogens is 272 g/mol. The predicted molar refractivity (Wildman–Crippen MR) is 70.2 cm³/mol. The van der Waals surface area contributed by atoms with Crippen LogP contribution in [0.5, 0.6) is 0 Å². The van der Waals surface area contributed by atoms with Crippen LogP contribution < -0.4 is 10.6 Å². The summed E-state index contributed by atoms with van der Waals surface area (Å²) < 4.78 is 0. The van der Waals surface area contributed by atoms with Gasteiger partial charge in [-0.3, -0.25) is 14.9 Å². The first-order valence-corrected chi connectivity index (χ1v) is 5.85. The molecule has 0 saturated carbocycles. The molecule has 6 nitrogen and oxygen atoms in total. The highest BCUT2D eigenvalue weighted by Gasteiger charge is 2.10. The van der Waals surface area contributed by atoms with E-state index in [0.717, 1.165) is 5.56 Å². The van der Waals surface area contributed by atoms with Crippen molar-refractivity contribution in [1.82, 2.24) is 5.32 Å². The van der Waals surface area contributed by atoms with Crippen molar-refractivity contribution in [1.29, 1.82) is 0 Å². The average Bonchev–Trinajstić information content (AvgIpc) is 2.31. The maximum atomic E-state index is 11.4. The van der Waals surface area contributed by atoms with E-state index in [-0.39, 0.29) is 12.8 Å². The highest BCUT2D eigenvalue weighted by molar-refractivity contribution is 6.31. The molecule has 7 heteroatoms. The quantitative estimate of drug-likeness (QED) is 0.789. The lowest BCUT2D eigenvalue weighted by molar-refractivity contribution is -0.138. The SMILES string of the molecule is Cc1ccc(NC(=O)NC(=O)CCC(=O)O)cc1Cl. The van der Waals surface area contributed by atoms with Crippen molar-refractivity contribution in [3.8, 4) is 0 Å². The number of aryl methyl sites for hydroxylation is 1. The molecule has 3 N–H and O–H groups in total. The maximum absolute atomic E-state index is 11.4. The van der Waals surface area contributed by atoms with Crippen molar-refractivity contribution in [2.75, 3.05) is 5.32 Å². The van der Waals surface area contributed by atoms with Crippen LogP contribution in [0.2, 0.25) is 5.02 Å². The van der Waals surface area contributed by atoms with Crippen LogP contribution in [0.25, 0.3) is 0 Å². The van der Waals surface area contributed by atoms with Gasteiger partial charge in [0.2, 0.25) is 5.91 Å². The number of carbonyl (C=O) groups is 3. The number of halogens is 1.